The number of imidazole rings is 1. The molecule has 0 aromatic carbocycles. The Bertz CT molecular complexity index is 485. The van der Waals surface area contributed by atoms with E-state index >= 15 is 0 Å². The maximum absolute atomic E-state index is 5.26. The fraction of sp³-hybridized carbons (Fsp3) is 0.300. The molecule has 0 unspecified atom stereocenters. The van der Waals surface area contributed by atoms with Crippen molar-refractivity contribution in [1.29, 1.82) is 0 Å². The molecule has 2 aromatic rings. The van der Waals surface area contributed by atoms with E-state index in [4.69, 9.17) is 5.84 Å². The maximum Gasteiger partial charge on any atom is 0.239 e. The number of aromatic nitrogens is 4. The van der Waals surface area contributed by atoms with Crippen molar-refractivity contribution in [2.75, 3.05) is 17.3 Å². The van der Waals surface area contributed by atoms with Crippen LogP contribution >= 0.6 is 15.9 Å². The Morgan fingerprint density at radius 2 is 2.33 bits per heavy atom. The molecule has 0 spiro atoms. The van der Waals surface area contributed by atoms with Gasteiger partial charge in [-0.2, -0.15) is 4.98 Å². The Morgan fingerprint density at radius 1 is 1.44 bits per heavy atom. The summed E-state index contributed by atoms with van der Waals surface area (Å²) in [7, 11) is 0. The number of nitrogens with two attached hydrogens (primary N) is 1. The van der Waals surface area contributed by atoms with Gasteiger partial charge in [-0.15, -0.1) is 0 Å². The molecule has 18 heavy (non-hydrogen) atoms. The summed E-state index contributed by atoms with van der Waals surface area (Å²) in [6, 6.07) is 0. The molecule has 2 aromatic heterocycles. The fourth-order valence-electron chi connectivity index (χ4n) is 1.45. The zero-order chi connectivity index (χ0) is 12.8. The van der Waals surface area contributed by atoms with Crippen molar-refractivity contribution in [2.24, 2.45) is 5.84 Å². The second-order valence-electron chi connectivity index (χ2n) is 3.62. The van der Waals surface area contributed by atoms with E-state index in [-0.39, 0.29) is 0 Å². The van der Waals surface area contributed by atoms with Crippen molar-refractivity contribution in [1.82, 2.24) is 19.5 Å². The van der Waals surface area contributed by atoms with Gasteiger partial charge in [-0.1, -0.05) is 0 Å². The molecule has 0 saturated carbocycles. The summed E-state index contributed by atoms with van der Waals surface area (Å²) in [5.41, 5.74) is 2.41. The lowest BCUT2D eigenvalue weighted by Crippen LogP contribution is -2.13. The van der Waals surface area contributed by atoms with E-state index < -0.39 is 0 Å². The molecule has 4 N–H and O–H groups in total. The molecule has 0 saturated heterocycles. The minimum absolute atomic E-state index is 0.385. The van der Waals surface area contributed by atoms with Crippen molar-refractivity contribution < 1.29 is 0 Å². The molecular weight excluding hydrogens is 298 g/mol. The third kappa shape index (κ3) is 3.41. The van der Waals surface area contributed by atoms with Gasteiger partial charge in [-0.25, -0.2) is 15.8 Å². The number of hydrazine groups is 1. The summed E-state index contributed by atoms with van der Waals surface area (Å²) < 4.78 is 2.84. The first kappa shape index (κ1) is 12.8. The molecular formula is C10H14BrN7. The van der Waals surface area contributed by atoms with Crippen LogP contribution < -0.4 is 16.6 Å². The number of halogens is 1. The highest BCUT2D eigenvalue weighted by Gasteiger charge is 2.03. The van der Waals surface area contributed by atoms with Crippen molar-refractivity contribution in [3.63, 3.8) is 0 Å². The topological polar surface area (TPSA) is 93.7 Å². The van der Waals surface area contributed by atoms with Crippen LogP contribution in [0, 0.1) is 0 Å². The van der Waals surface area contributed by atoms with Gasteiger partial charge in [0, 0.05) is 31.7 Å². The summed E-state index contributed by atoms with van der Waals surface area (Å²) in [5, 5.41) is 3.22. The maximum atomic E-state index is 5.26. The molecule has 0 radical (unpaired) electrons. The van der Waals surface area contributed by atoms with Gasteiger partial charge in [-0.3, -0.25) is 5.43 Å². The summed E-state index contributed by atoms with van der Waals surface area (Å²) in [6.45, 7) is 1.72. The van der Waals surface area contributed by atoms with Gasteiger partial charge in [0.1, 0.15) is 5.82 Å². The Morgan fingerprint density at radius 3 is 3.06 bits per heavy atom. The normalized spacial score (nSPS) is 10.3. The third-order valence-corrected chi connectivity index (χ3v) is 2.90. The van der Waals surface area contributed by atoms with E-state index in [0.717, 1.165) is 29.8 Å². The summed E-state index contributed by atoms with van der Waals surface area (Å²) in [6.07, 6.45) is 8.14. The monoisotopic (exact) mass is 311 g/mol. The second-order valence-corrected chi connectivity index (χ2v) is 4.47. The van der Waals surface area contributed by atoms with Crippen LogP contribution in [0.1, 0.15) is 6.42 Å². The average Bonchev–Trinajstić information content (AvgIpc) is 2.89. The number of hydrogen-bond donors (Lipinski definition) is 3. The van der Waals surface area contributed by atoms with Crippen LogP contribution in [0.3, 0.4) is 0 Å². The molecule has 8 heteroatoms. The van der Waals surface area contributed by atoms with Gasteiger partial charge < -0.3 is 9.88 Å². The van der Waals surface area contributed by atoms with Crippen LogP contribution in [0.5, 0.6) is 0 Å². The third-order valence-electron chi connectivity index (χ3n) is 2.32. The minimum Gasteiger partial charge on any atom is -0.369 e. The molecule has 0 fully saturated rings. The zero-order valence-corrected chi connectivity index (χ0v) is 11.3. The van der Waals surface area contributed by atoms with E-state index in [1.165, 1.54) is 0 Å². The Labute approximate surface area is 113 Å². The number of nitrogen functional groups attached to an aromatic ring is 1. The Hall–Kier alpha value is -1.67. The predicted octanol–water partition coefficient (Wildman–Crippen LogP) is 1.22. The standard InChI is InChI=1S/C10H14BrN7/c11-8-6-15-10(17-12)16-9(8)14-2-1-4-18-5-3-13-7-18/h3,5-7H,1-2,4,12H2,(H2,14,15,16,17). The SMILES string of the molecule is NNc1ncc(Br)c(NCCCn2ccnc2)n1. The molecule has 0 aliphatic heterocycles. The second kappa shape index (κ2) is 6.31. The van der Waals surface area contributed by atoms with E-state index in [2.05, 4.69) is 41.6 Å². The molecule has 0 aliphatic carbocycles. The average molecular weight is 312 g/mol. The molecule has 2 rings (SSSR count). The van der Waals surface area contributed by atoms with Crippen molar-refractivity contribution >= 4 is 27.7 Å². The first-order valence-corrected chi connectivity index (χ1v) is 6.27. The first-order valence-electron chi connectivity index (χ1n) is 5.48. The highest BCUT2D eigenvalue weighted by molar-refractivity contribution is 9.10. The summed E-state index contributed by atoms with van der Waals surface area (Å²) >= 11 is 3.38. The Balaban J connectivity index is 1.82. The molecule has 0 aliphatic rings. The van der Waals surface area contributed by atoms with Gasteiger partial charge in [-0.05, 0) is 22.4 Å². The zero-order valence-electron chi connectivity index (χ0n) is 9.67. The van der Waals surface area contributed by atoms with Crippen LogP contribution in [0.25, 0.3) is 0 Å². The predicted molar refractivity (Wildman–Crippen MR) is 72.9 cm³/mol. The van der Waals surface area contributed by atoms with E-state index in [9.17, 15) is 0 Å². The number of hydrogen-bond acceptors (Lipinski definition) is 6. The number of rotatable bonds is 6. The molecule has 2 heterocycles. The fourth-order valence-corrected chi connectivity index (χ4v) is 1.78. The van der Waals surface area contributed by atoms with Gasteiger partial charge in [0.25, 0.3) is 0 Å². The lowest BCUT2D eigenvalue weighted by atomic mass is 10.4. The molecule has 7 nitrogen and oxygen atoms in total. The van der Waals surface area contributed by atoms with Gasteiger partial charge >= 0.3 is 0 Å². The van der Waals surface area contributed by atoms with Crippen LogP contribution in [0.2, 0.25) is 0 Å². The summed E-state index contributed by atoms with van der Waals surface area (Å²) in [4.78, 5) is 12.2. The lowest BCUT2D eigenvalue weighted by molar-refractivity contribution is 0.660. The van der Waals surface area contributed by atoms with Gasteiger partial charge in [0.2, 0.25) is 5.95 Å². The first-order chi connectivity index (χ1) is 8.79. The smallest absolute Gasteiger partial charge is 0.239 e. The minimum atomic E-state index is 0.385. The quantitative estimate of drug-likeness (QED) is 0.422. The van der Waals surface area contributed by atoms with Crippen molar-refractivity contribution in [3.05, 3.63) is 29.4 Å². The molecule has 96 valence electrons. The number of nitrogens with zero attached hydrogens (tertiary/aromatic N) is 4. The Kier molecular flexibility index (Phi) is 4.48. The highest BCUT2D eigenvalue weighted by Crippen LogP contribution is 2.19. The number of aryl methyl sites for hydroxylation is 1. The van der Waals surface area contributed by atoms with Crippen LogP contribution in [-0.2, 0) is 6.54 Å². The van der Waals surface area contributed by atoms with Gasteiger partial charge in [0.15, 0.2) is 0 Å². The van der Waals surface area contributed by atoms with E-state index in [1.54, 1.807) is 18.7 Å². The van der Waals surface area contributed by atoms with E-state index in [1.807, 2.05) is 10.8 Å². The van der Waals surface area contributed by atoms with Crippen LogP contribution in [0.15, 0.2) is 29.4 Å². The number of nitrogens with one attached hydrogen (secondary N) is 2. The van der Waals surface area contributed by atoms with Crippen molar-refractivity contribution in [3.8, 4) is 0 Å². The summed E-state index contributed by atoms with van der Waals surface area (Å²) in [5.74, 6) is 6.37. The van der Waals surface area contributed by atoms with Crippen LogP contribution in [-0.4, -0.2) is 26.1 Å². The van der Waals surface area contributed by atoms with Crippen LogP contribution in [0.4, 0.5) is 11.8 Å². The largest absolute Gasteiger partial charge is 0.369 e. The molecule has 0 bridgehead atoms. The highest BCUT2D eigenvalue weighted by atomic mass is 79.9. The molecule has 0 atom stereocenters. The van der Waals surface area contributed by atoms with Crippen molar-refractivity contribution in [2.45, 2.75) is 13.0 Å². The van der Waals surface area contributed by atoms with E-state index in [0.29, 0.717) is 5.95 Å². The lowest BCUT2D eigenvalue weighted by Gasteiger charge is -2.08. The number of anilines is 2. The molecule has 0 amide bonds. The van der Waals surface area contributed by atoms with Gasteiger partial charge in [0.05, 0.1) is 10.8 Å².